The van der Waals surface area contributed by atoms with Gasteiger partial charge in [-0.25, -0.2) is 0 Å². The van der Waals surface area contributed by atoms with Gasteiger partial charge >= 0.3 is 5.97 Å². The van der Waals surface area contributed by atoms with E-state index in [1.165, 1.54) is 11.8 Å². The summed E-state index contributed by atoms with van der Waals surface area (Å²) in [6, 6.07) is 3.96. The van der Waals surface area contributed by atoms with Crippen LogP contribution in [0.15, 0.2) is 17.0 Å². The van der Waals surface area contributed by atoms with Gasteiger partial charge in [-0.15, -0.1) is 11.8 Å². The van der Waals surface area contributed by atoms with Crippen molar-refractivity contribution in [2.45, 2.75) is 101 Å². The zero-order chi connectivity index (χ0) is 23.0. The fourth-order valence-electron chi connectivity index (χ4n) is 4.46. The molecule has 2 aliphatic heterocycles. The van der Waals surface area contributed by atoms with Crippen molar-refractivity contribution >= 4 is 29.2 Å². The third-order valence-electron chi connectivity index (χ3n) is 6.67. The number of hydrogen-bond donors (Lipinski definition) is 1. The lowest BCUT2D eigenvalue weighted by Crippen LogP contribution is -2.52. The van der Waals surface area contributed by atoms with Crippen molar-refractivity contribution in [2.24, 2.45) is 5.92 Å². The largest absolute Gasteiger partial charge is 0.457 e. The Labute approximate surface area is 190 Å². The second kappa shape index (κ2) is 9.14. The predicted octanol–water partition coefficient (Wildman–Crippen LogP) is 5.21. The maximum absolute atomic E-state index is 13.3. The number of rotatable bonds is 6. The molecule has 0 bridgehead atoms. The quantitative estimate of drug-likeness (QED) is 0.367. The molecule has 2 saturated heterocycles. The molecule has 0 spiro atoms. The standard InChI is InChI=1S/C25H37NO4S/c1-15(2)25(10-9-17-8-7-11-29-17)14-20(27)22(23(28)30-25)31-21-12-16(3)19(26)13-18(21)24(4,5)6/h12-13,15,17,22H,7-11,14,26H2,1-6H3. The van der Waals surface area contributed by atoms with Crippen LogP contribution in [0.1, 0.15) is 77.8 Å². The molecule has 6 heteroatoms. The fourth-order valence-corrected chi connectivity index (χ4v) is 5.81. The van der Waals surface area contributed by atoms with Crippen LogP contribution >= 0.6 is 11.8 Å². The molecule has 0 radical (unpaired) electrons. The van der Waals surface area contributed by atoms with E-state index in [4.69, 9.17) is 15.2 Å². The highest BCUT2D eigenvalue weighted by atomic mass is 32.2. The van der Waals surface area contributed by atoms with Crippen LogP contribution in [-0.2, 0) is 24.5 Å². The molecule has 2 N–H and O–H groups in total. The van der Waals surface area contributed by atoms with Gasteiger partial charge in [-0.1, -0.05) is 34.6 Å². The molecule has 3 unspecified atom stereocenters. The van der Waals surface area contributed by atoms with E-state index in [9.17, 15) is 9.59 Å². The highest BCUT2D eigenvalue weighted by Gasteiger charge is 2.49. The van der Waals surface area contributed by atoms with Crippen LogP contribution in [0.5, 0.6) is 0 Å². The fraction of sp³-hybridized carbons (Fsp3) is 0.680. The van der Waals surface area contributed by atoms with Gasteiger partial charge in [0.15, 0.2) is 11.0 Å². The van der Waals surface area contributed by atoms with Gasteiger partial charge in [-0.3, -0.25) is 9.59 Å². The van der Waals surface area contributed by atoms with Crippen molar-refractivity contribution in [3.8, 4) is 0 Å². The molecule has 31 heavy (non-hydrogen) atoms. The summed E-state index contributed by atoms with van der Waals surface area (Å²) in [7, 11) is 0. The van der Waals surface area contributed by atoms with Gasteiger partial charge in [0, 0.05) is 23.6 Å². The van der Waals surface area contributed by atoms with E-state index in [0.29, 0.717) is 6.42 Å². The van der Waals surface area contributed by atoms with Crippen molar-refractivity contribution in [3.63, 3.8) is 0 Å². The van der Waals surface area contributed by atoms with Gasteiger partial charge in [0.1, 0.15) is 5.60 Å². The van der Waals surface area contributed by atoms with E-state index in [1.807, 2.05) is 32.9 Å². The average molecular weight is 448 g/mol. The minimum atomic E-state index is -0.835. The number of hydrogen-bond acceptors (Lipinski definition) is 6. The zero-order valence-corrected chi connectivity index (χ0v) is 20.6. The molecule has 172 valence electrons. The number of benzene rings is 1. The highest BCUT2D eigenvalue weighted by molar-refractivity contribution is 8.01. The molecule has 0 aliphatic carbocycles. The normalized spacial score (nSPS) is 27.1. The summed E-state index contributed by atoms with van der Waals surface area (Å²) >= 11 is 1.31. The summed E-state index contributed by atoms with van der Waals surface area (Å²) in [5, 5.41) is -0.835. The molecule has 0 saturated carbocycles. The topological polar surface area (TPSA) is 78.6 Å². The predicted molar refractivity (Wildman–Crippen MR) is 125 cm³/mol. The van der Waals surface area contributed by atoms with Crippen LogP contribution in [0.2, 0.25) is 0 Å². The second-order valence-corrected chi connectivity index (χ2v) is 11.6. The molecule has 1 aromatic carbocycles. The molecule has 2 fully saturated rings. The van der Waals surface area contributed by atoms with Gasteiger partial charge in [-0.2, -0.15) is 0 Å². The Morgan fingerprint density at radius 2 is 1.97 bits per heavy atom. The molecule has 2 aliphatic rings. The molecule has 3 rings (SSSR count). The maximum atomic E-state index is 13.3. The number of nitrogens with two attached hydrogens (primary N) is 1. The summed E-state index contributed by atoms with van der Waals surface area (Å²) in [6.07, 6.45) is 4.08. The summed E-state index contributed by atoms with van der Waals surface area (Å²) in [6.45, 7) is 13.1. The van der Waals surface area contributed by atoms with Crippen molar-refractivity contribution in [2.75, 3.05) is 12.3 Å². The molecule has 5 nitrogen and oxygen atoms in total. The lowest BCUT2D eigenvalue weighted by Gasteiger charge is -2.42. The molecule has 0 aromatic heterocycles. The number of carbonyl (C=O) groups is 2. The Morgan fingerprint density at radius 1 is 1.26 bits per heavy atom. The number of esters is 1. The molecule has 0 amide bonds. The Kier molecular flexibility index (Phi) is 7.11. The molecular formula is C25H37NO4S. The molecule has 2 heterocycles. The van der Waals surface area contributed by atoms with Crippen molar-refractivity contribution in [3.05, 3.63) is 23.3 Å². The SMILES string of the molecule is Cc1cc(SC2C(=O)CC(CCC3CCCO3)(C(C)C)OC2=O)c(C(C)(C)C)cc1N. The second-order valence-electron chi connectivity index (χ2n) is 10.4. The van der Waals surface area contributed by atoms with Gasteiger partial charge in [0.25, 0.3) is 0 Å². The zero-order valence-electron chi connectivity index (χ0n) is 19.7. The minimum Gasteiger partial charge on any atom is -0.457 e. The minimum absolute atomic E-state index is 0.0448. The number of cyclic esters (lactones) is 1. The maximum Gasteiger partial charge on any atom is 0.327 e. The van der Waals surface area contributed by atoms with Crippen LogP contribution in [0.25, 0.3) is 0 Å². The lowest BCUT2D eigenvalue weighted by atomic mass is 9.78. The first-order valence-corrected chi connectivity index (χ1v) is 12.3. The first-order chi connectivity index (χ1) is 14.4. The summed E-state index contributed by atoms with van der Waals surface area (Å²) in [5.74, 6) is -0.398. The van der Waals surface area contributed by atoms with Crippen molar-refractivity contribution in [1.29, 1.82) is 0 Å². The number of carbonyl (C=O) groups excluding carboxylic acids is 2. The van der Waals surface area contributed by atoms with Gasteiger partial charge in [0.2, 0.25) is 0 Å². The number of Topliss-reactive ketones (excluding diaryl/α,β-unsaturated/α-hetero) is 1. The smallest absolute Gasteiger partial charge is 0.327 e. The first kappa shape index (κ1) is 24.1. The van der Waals surface area contributed by atoms with Crippen LogP contribution in [0.3, 0.4) is 0 Å². The van der Waals surface area contributed by atoms with E-state index in [1.54, 1.807) is 0 Å². The van der Waals surface area contributed by atoms with E-state index >= 15 is 0 Å². The third kappa shape index (κ3) is 5.28. The number of nitrogen functional groups attached to an aromatic ring is 1. The number of thioether (sulfide) groups is 1. The number of ether oxygens (including phenoxy) is 2. The van der Waals surface area contributed by atoms with Gasteiger partial charge in [0.05, 0.1) is 6.10 Å². The van der Waals surface area contributed by atoms with Crippen LogP contribution < -0.4 is 5.73 Å². The molecule has 3 atom stereocenters. The summed E-state index contributed by atoms with van der Waals surface area (Å²) in [5.41, 5.74) is 7.97. The Bertz CT molecular complexity index is 819. The average Bonchev–Trinajstić information content (AvgIpc) is 3.18. The van der Waals surface area contributed by atoms with E-state index in [2.05, 4.69) is 20.8 Å². The Hall–Kier alpha value is -1.53. The van der Waals surface area contributed by atoms with Crippen LogP contribution in [0.4, 0.5) is 5.69 Å². The summed E-state index contributed by atoms with van der Waals surface area (Å²) < 4.78 is 11.8. The van der Waals surface area contributed by atoms with E-state index < -0.39 is 16.8 Å². The van der Waals surface area contributed by atoms with Gasteiger partial charge < -0.3 is 15.2 Å². The Morgan fingerprint density at radius 3 is 2.52 bits per heavy atom. The summed E-state index contributed by atoms with van der Waals surface area (Å²) in [4.78, 5) is 27.3. The Balaban J connectivity index is 1.81. The van der Waals surface area contributed by atoms with Crippen molar-refractivity contribution in [1.82, 2.24) is 0 Å². The molecular weight excluding hydrogens is 410 g/mol. The first-order valence-electron chi connectivity index (χ1n) is 11.4. The van der Waals surface area contributed by atoms with Crippen LogP contribution in [0, 0.1) is 12.8 Å². The van der Waals surface area contributed by atoms with Crippen LogP contribution in [-0.4, -0.2) is 35.3 Å². The van der Waals surface area contributed by atoms with E-state index in [-0.39, 0.29) is 29.6 Å². The number of ketones is 1. The molecule has 1 aromatic rings. The monoisotopic (exact) mass is 447 g/mol. The highest BCUT2D eigenvalue weighted by Crippen LogP contribution is 2.43. The number of anilines is 1. The third-order valence-corrected chi connectivity index (χ3v) is 7.95. The number of aryl methyl sites for hydroxylation is 1. The van der Waals surface area contributed by atoms with Crippen molar-refractivity contribution < 1.29 is 19.1 Å². The van der Waals surface area contributed by atoms with E-state index in [0.717, 1.165) is 47.6 Å². The lowest BCUT2D eigenvalue weighted by molar-refractivity contribution is -0.177. The van der Waals surface area contributed by atoms with Gasteiger partial charge in [-0.05, 0) is 67.2 Å².